The zero-order chi connectivity index (χ0) is 18.1. The van der Waals surface area contributed by atoms with Gasteiger partial charge in [-0.25, -0.2) is 9.37 Å². The average molecular weight is 367 g/mol. The fourth-order valence-corrected chi connectivity index (χ4v) is 3.18. The second-order valence-corrected chi connectivity index (χ2v) is 6.75. The monoisotopic (exact) mass is 367 g/mol. The van der Waals surface area contributed by atoms with Gasteiger partial charge in [0.05, 0.1) is 5.75 Å². The van der Waals surface area contributed by atoms with E-state index in [2.05, 4.69) is 25.5 Å². The number of nitrogens with one attached hydrogen (secondary N) is 2. The molecule has 0 spiro atoms. The van der Waals surface area contributed by atoms with Gasteiger partial charge in [0, 0.05) is 16.6 Å². The fourth-order valence-electron chi connectivity index (χ4n) is 2.59. The molecule has 0 unspecified atom stereocenters. The number of hydrogen-bond acceptors (Lipinski definition) is 5. The van der Waals surface area contributed by atoms with E-state index < -0.39 is 0 Å². The highest BCUT2D eigenvalue weighted by atomic mass is 32.2. The maximum absolute atomic E-state index is 12.9. The molecule has 0 bridgehead atoms. The number of fused-ring (bicyclic) bond motifs is 3. The zero-order valence-corrected chi connectivity index (χ0v) is 14.6. The van der Waals surface area contributed by atoms with Crippen LogP contribution in [0, 0.1) is 12.7 Å². The lowest BCUT2D eigenvalue weighted by molar-refractivity contribution is -0.113. The van der Waals surface area contributed by atoms with Crippen LogP contribution in [-0.4, -0.2) is 31.8 Å². The van der Waals surface area contributed by atoms with Gasteiger partial charge in [-0.3, -0.25) is 4.79 Å². The Bertz CT molecular complexity index is 1110. The first-order valence-electron chi connectivity index (χ1n) is 7.89. The summed E-state index contributed by atoms with van der Waals surface area (Å²) in [6.07, 6.45) is 0. The first kappa shape index (κ1) is 16.5. The number of rotatable bonds is 4. The fraction of sp³-hybridized carbons (Fsp3) is 0.111. The summed E-state index contributed by atoms with van der Waals surface area (Å²) >= 11 is 1.19. The van der Waals surface area contributed by atoms with Gasteiger partial charge in [0.15, 0.2) is 5.65 Å². The minimum atomic E-state index is -0.348. The number of nitrogens with zero attached hydrogens (tertiary/aromatic N) is 3. The van der Waals surface area contributed by atoms with E-state index >= 15 is 0 Å². The summed E-state index contributed by atoms with van der Waals surface area (Å²) in [7, 11) is 0. The number of thioether (sulfide) groups is 1. The SMILES string of the molecule is Cc1ccc2[nH]c3nc(SCC(=O)Nc4ccc(F)cc4)nnc3c2c1. The highest BCUT2D eigenvalue weighted by Crippen LogP contribution is 2.24. The van der Waals surface area contributed by atoms with Crippen LogP contribution in [-0.2, 0) is 4.79 Å². The number of halogens is 1. The van der Waals surface area contributed by atoms with Gasteiger partial charge < -0.3 is 10.3 Å². The highest BCUT2D eigenvalue weighted by molar-refractivity contribution is 7.99. The molecule has 0 fully saturated rings. The van der Waals surface area contributed by atoms with Crippen LogP contribution in [0.1, 0.15) is 5.56 Å². The Morgan fingerprint density at radius 3 is 2.81 bits per heavy atom. The molecule has 0 atom stereocenters. The number of aromatic amines is 1. The maximum atomic E-state index is 12.9. The average Bonchev–Trinajstić information content (AvgIpc) is 2.99. The number of aryl methyl sites for hydroxylation is 1. The van der Waals surface area contributed by atoms with Crippen molar-refractivity contribution in [1.29, 1.82) is 0 Å². The number of H-pyrrole nitrogens is 1. The lowest BCUT2D eigenvalue weighted by Gasteiger charge is -2.04. The van der Waals surface area contributed by atoms with Crippen LogP contribution in [0.3, 0.4) is 0 Å². The molecule has 2 aromatic carbocycles. The number of carbonyl (C=O) groups is 1. The minimum absolute atomic E-state index is 0.129. The summed E-state index contributed by atoms with van der Waals surface area (Å²) < 4.78 is 12.9. The van der Waals surface area contributed by atoms with Crippen molar-refractivity contribution in [3.05, 3.63) is 53.8 Å². The summed E-state index contributed by atoms with van der Waals surface area (Å²) in [5.74, 6) is -0.444. The van der Waals surface area contributed by atoms with Crippen molar-refractivity contribution in [3.63, 3.8) is 0 Å². The maximum Gasteiger partial charge on any atom is 0.234 e. The summed E-state index contributed by atoms with van der Waals surface area (Å²) in [6.45, 7) is 2.02. The molecule has 6 nitrogen and oxygen atoms in total. The third-order valence-electron chi connectivity index (χ3n) is 3.81. The molecule has 2 aromatic heterocycles. The lowest BCUT2D eigenvalue weighted by Crippen LogP contribution is -2.14. The third-order valence-corrected chi connectivity index (χ3v) is 4.65. The van der Waals surface area contributed by atoms with Crippen molar-refractivity contribution in [2.45, 2.75) is 12.1 Å². The molecular formula is C18H14FN5OS. The summed E-state index contributed by atoms with van der Waals surface area (Å²) in [5.41, 5.74) is 3.98. The van der Waals surface area contributed by atoms with Crippen LogP contribution in [0.4, 0.5) is 10.1 Å². The van der Waals surface area contributed by atoms with E-state index in [0.29, 0.717) is 22.0 Å². The van der Waals surface area contributed by atoms with E-state index in [1.807, 2.05) is 25.1 Å². The molecule has 0 saturated heterocycles. The molecule has 8 heteroatoms. The van der Waals surface area contributed by atoms with Crippen LogP contribution < -0.4 is 5.32 Å². The molecule has 4 rings (SSSR count). The molecule has 26 heavy (non-hydrogen) atoms. The summed E-state index contributed by atoms with van der Waals surface area (Å²) in [4.78, 5) is 19.7. The van der Waals surface area contributed by atoms with Crippen molar-refractivity contribution in [2.24, 2.45) is 0 Å². The Labute approximate surface area is 152 Å². The zero-order valence-electron chi connectivity index (χ0n) is 13.8. The number of benzene rings is 2. The van der Waals surface area contributed by atoms with E-state index in [0.717, 1.165) is 16.5 Å². The Morgan fingerprint density at radius 2 is 2.00 bits per heavy atom. The molecule has 0 aliphatic carbocycles. The van der Waals surface area contributed by atoms with E-state index in [1.54, 1.807) is 0 Å². The second-order valence-electron chi connectivity index (χ2n) is 5.81. The van der Waals surface area contributed by atoms with Crippen LogP contribution in [0.5, 0.6) is 0 Å². The standard InChI is InChI=1S/C18H14FN5OS/c1-10-2-7-14-13(8-10)16-17(21-14)22-18(24-23-16)26-9-15(25)20-12-5-3-11(19)4-6-12/h2-8H,9H2,1H3,(H,20,25)(H,21,22,24). The molecule has 1 amide bonds. The van der Waals surface area contributed by atoms with Crippen LogP contribution in [0.15, 0.2) is 47.6 Å². The molecular weight excluding hydrogens is 353 g/mol. The first-order valence-corrected chi connectivity index (χ1v) is 8.88. The van der Waals surface area contributed by atoms with Crippen molar-refractivity contribution < 1.29 is 9.18 Å². The number of amides is 1. The van der Waals surface area contributed by atoms with Gasteiger partial charge in [-0.15, -0.1) is 10.2 Å². The van der Waals surface area contributed by atoms with Crippen LogP contribution in [0.2, 0.25) is 0 Å². The summed E-state index contributed by atoms with van der Waals surface area (Å²) in [6, 6.07) is 11.6. The quantitative estimate of drug-likeness (QED) is 0.538. The molecule has 0 aliphatic rings. The molecule has 2 heterocycles. The number of carbonyl (C=O) groups excluding carboxylic acids is 1. The summed E-state index contributed by atoms with van der Waals surface area (Å²) in [5, 5.41) is 12.4. The smallest absolute Gasteiger partial charge is 0.234 e. The normalized spacial score (nSPS) is 11.2. The molecule has 0 aliphatic heterocycles. The number of aromatic nitrogens is 4. The first-order chi connectivity index (χ1) is 12.6. The third kappa shape index (κ3) is 3.36. The van der Waals surface area contributed by atoms with E-state index in [9.17, 15) is 9.18 Å². The van der Waals surface area contributed by atoms with Gasteiger partial charge >= 0.3 is 0 Å². The van der Waals surface area contributed by atoms with E-state index in [1.165, 1.54) is 36.0 Å². The number of anilines is 1. The van der Waals surface area contributed by atoms with Crippen molar-refractivity contribution >= 4 is 45.4 Å². The van der Waals surface area contributed by atoms with E-state index in [-0.39, 0.29) is 17.5 Å². The van der Waals surface area contributed by atoms with Gasteiger partial charge in [0.2, 0.25) is 11.1 Å². The van der Waals surface area contributed by atoms with Crippen LogP contribution >= 0.6 is 11.8 Å². The molecule has 2 N–H and O–H groups in total. The topological polar surface area (TPSA) is 83.6 Å². The minimum Gasteiger partial charge on any atom is -0.338 e. The van der Waals surface area contributed by atoms with Gasteiger partial charge in [0.25, 0.3) is 0 Å². The van der Waals surface area contributed by atoms with Crippen molar-refractivity contribution in [1.82, 2.24) is 20.2 Å². The molecule has 4 aromatic rings. The second kappa shape index (κ2) is 6.72. The van der Waals surface area contributed by atoms with E-state index in [4.69, 9.17) is 0 Å². The predicted octanol–water partition coefficient (Wildman–Crippen LogP) is 3.68. The highest BCUT2D eigenvalue weighted by Gasteiger charge is 2.11. The molecule has 130 valence electrons. The lowest BCUT2D eigenvalue weighted by atomic mass is 10.2. The van der Waals surface area contributed by atoms with Crippen molar-refractivity contribution in [2.75, 3.05) is 11.1 Å². The Hall–Kier alpha value is -3.00. The largest absolute Gasteiger partial charge is 0.338 e. The van der Waals surface area contributed by atoms with Gasteiger partial charge in [-0.05, 0) is 43.3 Å². The Kier molecular flexibility index (Phi) is 4.26. The molecule has 0 saturated carbocycles. The van der Waals surface area contributed by atoms with Gasteiger partial charge in [-0.1, -0.05) is 23.4 Å². The Morgan fingerprint density at radius 1 is 1.19 bits per heavy atom. The number of hydrogen-bond donors (Lipinski definition) is 2. The van der Waals surface area contributed by atoms with Crippen LogP contribution in [0.25, 0.3) is 22.1 Å². The molecule has 0 radical (unpaired) electrons. The predicted molar refractivity (Wildman–Crippen MR) is 99.7 cm³/mol. The Balaban J connectivity index is 1.47. The van der Waals surface area contributed by atoms with Gasteiger partial charge in [-0.2, -0.15) is 0 Å². The van der Waals surface area contributed by atoms with Crippen molar-refractivity contribution in [3.8, 4) is 0 Å². The van der Waals surface area contributed by atoms with Gasteiger partial charge in [0.1, 0.15) is 11.3 Å².